The SMILES string of the molecule is CCN(CCC(=O)O)C(=O)CCc1ccccc1Br. The standard InChI is InChI=1S/C14H18BrNO3/c1-2-16(10-9-14(18)19)13(17)8-7-11-5-3-4-6-12(11)15/h3-6H,2,7-10H2,1H3,(H,18,19). The highest BCUT2D eigenvalue weighted by atomic mass is 79.9. The molecule has 0 spiro atoms. The Hall–Kier alpha value is -1.36. The second-order valence-corrected chi connectivity index (χ2v) is 5.06. The van der Waals surface area contributed by atoms with E-state index in [9.17, 15) is 9.59 Å². The number of nitrogens with zero attached hydrogens (tertiary/aromatic N) is 1. The van der Waals surface area contributed by atoms with Crippen molar-refractivity contribution in [3.8, 4) is 0 Å². The van der Waals surface area contributed by atoms with E-state index in [-0.39, 0.29) is 18.9 Å². The van der Waals surface area contributed by atoms with Crippen LogP contribution in [0.25, 0.3) is 0 Å². The normalized spacial score (nSPS) is 10.2. The first-order valence-corrected chi connectivity index (χ1v) is 7.07. The lowest BCUT2D eigenvalue weighted by Gasteiger charge is -2.20. The molecule has 0 saturated heterocycles. The summed E-state index contributed by atoms with van der Waals surface area (Å²) in [4.78, 5) is 24.1. The van der Waals surface area contributed by atoms with E-state index in [0.29, 0.717) is 19.4 Å². The lowest BCUT2D eigenvalue weighted by atomic mass is 10.1. The number of carbonyl (C=O) groups is 2. The van der Waals surface area contributed by atoms with Crippen molar-refractivity contribution in [1.82, 2.24) is 4.90 Å². The third-order valence-corrected chi connectivity index (χ3v) is 3.67. The summed E-state index contributed by atoms with van der Waals surface area (Å²) in [5, 5.41) is 8.64. The van der Waals surface area contributed by atoms with Gasteiger partial charge in [-0.1, -0.05) is 34.1 Å². The Balaban J connectivity index is 2.49. The van der Waals surface area contributed by atoms with E-state index in [4.69, 9.17) is 5.11 Å². The van der Waals surface area contributed by atoms with Crippen LogP contribution in [0.2, 0.25) is 0 Å². The van der Waals surface area contributed by atoms with Gasteiger partial charge in [0.2, 0.25) is 5.91 Å². The molecule has 1 aromatic rings. The predicted molar refractivity (Wildman–Crippen MR) is 77.0 cm³/mol. The minimum atomic E-state index is -0.878. The summed E-state index contributed by atoms with van der Waals surface area (Å²) in [5.74, 6) is -0.878. The van der Waals surface area contributed by atoms with E-state index in [1.165, 1.54) is 0 Å². The van der Waals surface area contributed by atoms with Crippen LogP contribution in [0, 0.1) is 0 Å². The minimum Gasteiger partial charge on any atom is -0.481 e. The van der Waals surface area contributed by atoms with Crippen molar-refractivity contribution in [2.24, 2.45) is 0 Å². The smallest absolute Gasteiger partial charge is 0.305 e. The van der Waals surface area contributed by atoms with E-state index >= 15 is 0 Å². The van der Waals surface area contributed by atoms with Crippen LogP contribution < -0.4 is 0 Å². The van der Waals surface area contributed by atoms with Gasteiger partial charge in [0.25, 0.3) is 0 Å². The number of aliphatic carboxylic acids is 1. The van der Waals surface area contributed by atoms with Crippen molar-refractivity contribution in [2.75, 3.05) is 13.1 Å². The Labute approximate surface area is 121 Å². The summed E-state index contributed by atoms with van der Waals surface area (Å²) >= 11 is 3.45. The highest BCUT2D eigenvalue weighted by Gasteiger charge is 2.13. The largest absolute Gasteiger partial charge is 0.481 e. The Morgan fingerprint density at radius 1 is 1.26 bits per heavy atom. The van der Waals surface area contributed by atoms with Gasteiger partial charge in [-0.2, -0.15) is 0 Å². The first-order valence-electron chi connectivity index (χ1n) is 6.27. The molecule has 104 valence electrons. The number of hydrogen-bond donors (Lipinski definition) is 1. The molecule has 0 atom stereocenters. The number of amides is 1. The minimum absolute atomic E-state index is 0.000460. The molecule has 1 amide bonds. The maximum atomic E-state index is 12.0. The molecule has 0 aliphatic rings. The fourth-order valence-corrected chi connectivity index (χ4v) is 2.27. The van der Waals surface area contributed by atoms with E-state index in [1.807, 2.05) is 31.2 Å². The number of carboxylic acids is 1. The molecule has 0 saturated carbocycles. The van der Waals surface area contributed by atoms with E-state index in [0.717, 1.165) is 10.0 Å². The third-order valence-electron chi connectivity index (χ3n) is 2.90. The zero-order chi connectivity index (χ0) is 14.3. The molecular weight excluding hydrogens is 310 g/mol. The van der Waals surface area contributed by atoms with Crippen molar-refractivity contribution < 1.29 is 14.7 Å². The maximum Gasteiger partial charge on any atom is 0.305 e. The second kappa shape index (κ2) is 7.94. The Bertz CT molecular complexity index is 448. The summed E-state index contributed by atoms with van der Waals surface area (Å²) < 4.78 is 0.997. The van der Waals surface area contributed by atoms with Crippen molar-refractivity contribution in [1.29, 1.82) is 0 Å². The van der Waals surface area contributed by atoms with Gasteiger partial charge in [-0.3, -0.25) is 9.59 Å². The average Bonchev–Trinajstić information content (AvgIpc) is 2.38. The molecule has 0 unspecified atom stereocenters. The Morgan fingerprint density at radius 2 is 1.95 bits per heavy atom. The number of rotatable bonds is 7. The number of benzene rings is 1. The predicted octanol–water partition coefficient (Wildman–Crippen LogP) is 2.70. The van der Waals surface area contributed by atoms with Gasteiger partial charge in [-0.25, -0.2) is 0 Å². The van der Waals surface area contributed by atoms with Gasteiger partial charge >= 0.3 is 5.97 Å². The van der Waals surface area contributed by atoms with Gasteiger partial charge < -0.3 is 10.0 Å². The average molecular weight is 328 g/mol. The summed E-state index contributed by atoms with van der Waals surface area (Å²) in [7, 11) is 0. The second-order valence-electron chi connectivity index (χ2n) is 4.21. The highest BCUT2D eigenvalue weighted by Crippen LogP contribution is 2.17. The third kappa shape index (κ3) is 5.42. The summed E-state index contributed by atoms with van der Waals surface area (Å²) in [6.07, 6.45) is 1.05. The molecule has 0 aliphatic carbocycles. The molecule has 0 aromatic heterocycles. The van der Waals surface area contributed by atoms with Crippen LogP contribution in [0.1, 0.15) is 25.3 Å². The van der Waals surface area contributed by atoms with Crippen molar-refractivity contribution >= 4 is 27.8 Å². The quantitative estimate of drug-likeness (QED) is 0.837. The van der Waals surface area contributed by atoms with Crippen LogP contribution in [-0.2, 0) is 16.0 Å². The summed E-state index contributed by atoms with van der Waals surface area (Å²) in [5.41, 5.74) is 1.09. The van der Waals surface area contributed by atoms with Crippen LogP contribution in [0.4, 0.5) is 0 Å². The molecule has 0 aliphatic heterocycles. The first-order chi connectivity index (χ1) is 9.04. The van der Waals surface area contributed by atoms with Gasteiger partial charge in [0.05, 0.1) is 6.42 Å². The molecule has 1 rings (SSSR count). The molecular formula is C14H18BrNO3. The monoisotopic (exact) mass is 327 g/mol. The Kier molecular flexibility index (Phi) is 6.56. The topological polar surface area (TPSA) is 57.6 Å². The van der Waals surface area contributed by atoms with E-state index in [2.05, 4.69) is 15.9 Å². The lowest BCUT2D eigenvalue weighted by molar-refractivity contribution is -0.138. The summed E-state index contributed by atoms with van der Waals surface area (Å²) in [6.45, 7) is 2.68. The molecule has 0 bridgehead atoms. The van der Waals surface area contributed by atoms with E-state index in [1.54, 1.807) is 4.90 Å². The van der Waals surface area contributed by atoms with Crippen LogP contribution in [0.5, 0.6) is 0 Å². The van der Waals surface area contributed by atoms with E-state index < -0.39 is 5.97 Å². The molecule has 0 fully saturated rings. The Morgan fingerprint density at radius 3 is 2.53 bits per heavy atom. The van der Waals surface area contributed by atoms with Crippen molar-refractivity contribution in [3.63, 3.8) is 0 Å². The molecule has 5 heteroatoms. The first kappa shape index (κ1) is 15.7. The zero-order valence-electron chi connectivity index (χ0n) is 10.9. The summed E-state index contributed by atoms with van der Waals surface area (Å²) in [6, 6.07) is 7.79. The number of halogens is 1. The number of carboxylic acid groups (broad SMARTS) is 1. The van der Waals surface area contributed by atoms with Crippen LogP contribution >= 0.6 is 15.9 Å². The highest BCUT2D eigenvalue weighted by molar-refractivity contribution is 9.10. The van der Waals surface area contributed by atoms with Crippen LogP contribution in [0.3, 0.4) is 0 Å². The van der Waals surface area contributed by atoms with Gasteiger partial charge in [0, 0.05) is 24.0 Å². The maximum absolute atomic E-state index is 12.0. The molecule has 19 heavy (non-hydrogen) atoms. The fraction of sp³-hybridized carbons (Fsp3) is 0.429. The van der Waals surface area contributed by atoms with Crippen molar-refractivity contribution in [2.45, 2.75) is 26.2 Å². The molecule has 4 nitrogen and oxygen atoms in total. The zero-order valence-corrected chi connectivity index (χ0v) is 12.5. The van der Waals surface area contributed by atoms with Gasteiger partial charge in [0.1, 0.15) is 0 Å². The van der Waals surface area contributed by atoms with Gasteiger partial charge in [0.15, 0.2) is 0 Å². The fourth-order valence-electron chi connectivity index (χ4n) is 1.79. The lowest BCUT2D eigenvalue weighted by Crippen LogP contribution is -2.33. The molecule has 0 radical (unpaired) electrons. The number of carbonyl (C=O) groups excluding carboxylic acids is 1. The molecule has 1 aromatic carbocycles. The molecule has 1 N–H and O–H groups in total. The van der Waals surface area contributed by atoms with Crippen molar-refractivity contribution in [3.05, 3.63) is 34.3 Å². The number of aryl methyl sites for hydroxylation is 1. The van der Waals surface area contributed by atoms with Gasteiger partial charge in [-0.15, -0.1) is 0 Å². The molecule has 0 heterocycles. The van der Waals surface area contributed by atoms with Crippen LogP contribution in [-0.4, -0.2) is 35.0 Å². The number of hydrogen-bond acceptors (Lipinski definition) is 2. The van der Waals surface area contributed by atoms with Crippen LogP contribution in [0.15, 0.2) is 28.7 Å². The van der Waals surface area contributed by atoms with Gasteiger partial charge in [-0.05, 0) is 25.0 Å².